The van der Waals surface area contributed by atoms with Gasteiger partial charge >= 0.3 is 5.97 Å². The first-order valence-electron chi connectivity index (χ1n) is 8.90. The van der Waals surface area contributed by atoms with E-state index in [1.807, 2.05) is 19.9 Å². The van der Waals surface area contributed by atoms with E-state index in [0.29, 0.717) is 13.0 Å². The van der Waals surface area contributed by atoms with E-state index in [0.717, 1.165) is 55.9 Å². The van der Waals surface area contributed by atoms with E-state index in [1.165, 1.54) is 13.2 Å². The number of carbonyl (C=O) groups excluding carboxylic acids is 1. The first-order chi connectivity index (χ1) is 12.1. The van der Waals surface area contributed by atoms with Crippen LogP contribution in [0, 0.1) is 12.7 Å². The van der Waals surface area contributed by atoms with Gasteiger partial charge in [-0.15, -0.1) is 24.0 Å². The second kappa shape index (κ2) is 14.8. The molecule has 2 N–H and O–H groups in total. The van der Waals surface area contributed by atoms with Crippen molar-refractivity contribution in [1.29, 1.82) is 0 Å². The molecular formula is C19H31FIN3O2. The van der Waals surface area contributed by atoms with Gasteiger partial charge in [0, 0.05) is 26.1 Å². The Bertz CT molecular complexity index is 568. The van der Waals surface area contributed by atoms with Crippen molar-refractivity contribution in [2.45, 2.75) is 46.0 Å². The Morgan fingerprint density at radius 3 is 2.65 bits per heavy atom. The molecule has 0 radical (unpaired) electrons. The standard InChI is InChI=1S/C19H30FN3O2.HI/c1-4-21-19(22-12-7-5-6-8-18(24)25-3)23-13-11-16-9-10-17(20)14-15(16)2;/h9-10,14H,4-8,11-13H2,1-3H3,(H2,21,22,23);1H. The van der Waals surface area contributed by atoms with Crippen molar-refractivity contribution in [3.63, 3.8) is 0 Å². The van der Waals surface area contributed by atoms with Crippen LogP contribution in [0.5, 0.6) is 0 Å². The number of ether oxygens (including phenoxy) is 1. The maximum atomic E-state index is 13.1. The topological polar surface area (TPSA) is 62.7 Å². The average Bonchev–Trinajstić information content (AvgIpc) is 2.59. The summed E-state index contributed by atoms with van der Waals surface area (Å²) in [6.07, 6.45) is 4.00. The first-order valence-corrected chi connectivity index (χ1v) is 8.90. The summed E-state index contributed by atoms with van der Waals surface area (Å²) in [7, 11) is 1.41. The molecule has 0 aliphatic heterocycles. The Hall–Kier alpha value is -1.38. The summed E-state index contributed by atoms with van der Waals surface area (Å²) < 4.78 is 17.7. The summed E-state index contributed by atoms with van der Waals surface area (Å²) in [6.45, 7) is 6.19. The van der Waals surface area contributed by atoms with Crippen LogP contribution < -0.4 is 10.6 Å². The summed E-state index contributed by atoms with van der Waals surface area (Å²) in [6, 6.07) is 4.89. The van der Waals surface area contributed by atoms with Crippen molar-refractivity contribution in [3.05, 3.63) is 35.1 Å². The highest BCUT2D eigenvalue weighted by molar-refractivity contribution is 14.0. The lowest BCUT2D eigenvalue weighted by molar-refractivity contribution is -0.140. The molecule has 1 aromatic rings. The zero-order valence-electron chi connectivity index (χ0n) is 15.9. The predicted octanol–water partition coefficient (Wildman–Crippen LogP) is 3.58. The van der Waals surface area contributed by atoms with Gasteiger partial charge in [0.05, 0.1) is 7.11 Å². The fraction of sp³-hybridized carbons (Fsp3) is 0.579. The molecular weight excluding hydrogens is 448 g/mol. The predicted molar refractivity (Wildman–Crippen MR) is 115 cm³/mol. The molecule has 0 heterocycles. The van der Waals surface area contributed by atoms with Crippen molar-refractivity contribution < 1.29 is 13.9 Å². The summed E-state index contributed by atoms with van der Waals surface area (Å²) in [4.78, 5) is 15.6. The lowest BCUT2D eigenvalue weighted by atomic mass is 10.1. The molecule has 5 nitrogen and oxygen atoms in total. The number of nitrogens with one attached hydrogen (secondary N) is 2. The molecule has 0 aromatic heterocycles. The van der Waals surface area contributed by atoms with Gasteiger partial charge in [-0.25, -0.2) is 4.39 Å². The third kappa shape index (κ3) is 10.6. The number of nitrogens with zero attached hydrogens (tertiary/aromatic N) is 1. The van der Waals surface area contributed by atoms with Crippen LogP contribution in [0.1, 0.15) is 43.7 Å². The lowest BCUT2D eigenvalue weighted by Crippen LogP contribution is -2.38. The van der Waals surface area contributed by atoms with Gasteiger partial charge in [0.2, 0.25) is 0 Å². The fourth-order valence-electron chi connectivity index (χ4n) is 2.45. The molecule has 7 heteroatoms. The van der Waals surface area contributed by atoms with Crippen LogP contribution in [-0.4, -0.2) is 38.7 Å². The molecule has 26 heavy (non-hydrogen) atoms. The number of hydrogen-bond acceptors (Lipinski definition) is 3. The molecule has 0 fully saturated rings. The molecule has 0 aliphatic carbocycles. The Kier molecular flexibility index (Phi) is 14.0. The number of unbranched alkanes of at least 4 members (excludes halogenated alkanes) is 2. The van der Waals surface area contributed by atoms with Gasteiger partial charge in [-0.3, -0.25) is 9.79 Å². The number of aryl methyl sites for hydroxylation is 1. The molecule has 0 atom stereocenters. The van der Waals surface area contributed by atoms with E-state index in [9.17, 15) is 9.18 Å². The van der Waals surface area contributed by atoms with E-state index in [2.05, 4.69) is 20.4 Å². The summed E-state index contributed by atoms with van der Waals surface area (Å²) >= 11 is 0. The number of aliphatic imine (C=N–C) groups is 1. The van der Waals surface area contributed by atoms with Gasteiger partial charge in [0.25, 0.3) is 0 Å². The van der Waals surface area contributed by atoms with Gasteiger partial charge in [-0.1, -0.05) is 12.5 Å². The number of esters is 1. The second-order valence-electron chi connectivity index (χ2n) is 5.90. The largest absolute Gasteiger partial charge is 0.469 e. The minimum absolute atomic E-state index is 0. The van der Waals surface area contributed by atoms with Gasteiger partial charge in [0.1, 0.15) is 5.82 Å². The monoisotopic (exact) mass is 479 g/mol. The number of methoxy groups -OCH3 is 1. The molecule has 1 aromatic carbocycles. The molecule has 1 rings (SSSR count). The van der Waals surface area contributed by atoms with Gasteiger partial charge in [-0.05, 0) is 56.4 Å². The molecule has 148 valence electrons. The van der Waals surface area contributed by atoms with Crippen molar-refractivity contribution in [3.8, 4) is 0 Å². The highest BCUT2D eigenvalue weighted by Crippen LogP contribution is 2.10. The van der Waals surface area contributed by atoms with E-state index in [1.54, 1.807) is 6.07 Å². The highest BCUT2D eigenvalue weighted by atomic mass is 127. The fourth-order valence-corrected chi connectivity index (χ4v) is 2.45. The van der Waals surface area contributed by atoms with Gasteiger partial charge < -0.3 is 15.4 Å². The zero-order chi connectivity index (χ0) is 18.5. The average molecular weight is 479 g/mol. The number of guanidine groups is 1. The van der Waals surface area contributed by atoms with E-state index < -0.39 is 0 Å². The SMILES string of the molecule is CCNC(=NCCCCCC(=O)OC)NCCc1ccc(F)cc1C.I. The second-order valence-corrected chi connectivity index (χ2v) is 5.90. The van der Waals surface area contributed by atoms with Crippen LogP contribution >= 0.6 is 24.0 Å². The first kappa shape index (κ1) is 24.6. The van der Waals surface area contributed by atoms with Crippen LogP contribution in [0.15, 0.2) is 23.2 Å². The zero-order valence-corrected chi connectivity index (χ0v) is 18.3. The van der Waals surface area contributed by atoms with Crippen LogP contribution in [0.25, 0.3) is 0 Å². The Balaban J connectivity index is 0.00000625. The smallest absolute Gasteiger partial charge is 0.305 e. The number of benzene rings is 1. The minimum Gasteiger partial charge on any atom is -0.469 e. The number of halogens is 2. The number of hydrogen-bond donors (Lipinski definition) is 2. The summed E-state index contributed by atoms with van der Waals surface area (Å²) in [5.41, 5.74) is 2.10. The third-order valence-electron chi connectivity index (χ3n) is 3.87. The molecule has 0 aliphatic rings. The van der Waals surface area contributed by atoms with E-state index in [-0.39, 0.29) is 35.8 Å². The molecule has 0 spiro atoms. The maximum Gasteiger partial charge on any atom is 0.305 e. The van der Waals surface area contributed by atoms with Crippen LogP contribution in [-0.2, 0) is 16.0 Å². The van der Waals surface area contributed by atoms with Crippen molar-refractivity contribution >= 4 is 35.9 Å². The third-order valence-corrected chi connectivity index (χ3v) is 3.87. The molecule has 0 amide bonds. The summed E-state index contributed by atoms with van der Waals surface area (Å²) in [5.74, 6) is 0.432. The molecule has 0 unspecified atom stereocenters. The van der Waals surface area contributed by atoms with Crippen LogP contribution in [0.2, 0.25) is 0 Å². The van der Waals surface area contributed by atoms with Crippen LogP contribution in [0.3, 0.4) is 0 Å². The Labute approximate surface area is 173 Å². The number of rotatable bonds is 10. The molecule has 0 saturated carbocycles. The normalized spacial score (nSPS) is 10.8. The Morgan fingerprint density at radius 1 is 1.23 bits per heavy atom. The van der Waals surface area contributed by atoms with Gasteiger partial charge in [-0.2, -0.15) is 0 Å². The lowest BCUT2D eigenvalue weighted by Gasteiger charge is -2.12. The van der Waals surface area contributed by atoms with E-state index >= 15 is 0 Å². The Morgan fingerprint density at radius 2 is 2.00 bits per heavy atom. The minimum atomic E-state index is -0.198. The van der Waals surface area contributed by atoms with Crippen molar-refractivity contribution in [2.24, 2.45) is 4.99 Å². The number of carbonyl (C=O) groups is 1. The van der Waals surface area contributed by atoms with Crippen LogP contribution in [0.4, 0.5) is 4.39 Å². The van der Waals surface area contributed by atoms with Gasteiger partial charge in [0.15, 0.2) is 5.96 Å². The molecule has 0 saturated heterocycles. The van der Waals surface area contributed by atoms with Crippen molar-refractivity contribution in [2.75, 3.05) is 26.7 Å². The maximum absolute atomic E-state index is 13.1. The van der Waals surface area contributed by atoms with Crippen molar-refractivity contribution in [1.82, 2.24) is 10.6 Å². The molecule has 0 bridgehead atoms. The highest BCUT2D eigenvalue weighted by Gasteiger charge is 2.02. The van der Waals surface area contributed by atoms with E-state index in [4.69, 9.17) is 0 Å². The summed E-state index contributed by atoms with van der Waals surface area (Å²) in [5, 5.41) is 6.52. The quantitative estimate of drug-likeness (QED) is 0.177.